The third-order valence-corrected chi connectivity index (χ3v) is 3.32. The number of nitrogen functional groups attached to an aromatic ring is 1. The molecule has 0 radical (unpaired) electrons. The van der Waals surface area contributed by atoms with E-state index in [-0.39, 0.29) is 5.82 Å². The SMILES string of the molecule is CNC/C=C/c1cc(F)cc(CCc2cc(C)cc(N)n2)c1. The normalized spacial score (nSPS) is 11.2. The Bertz CT molecular complexity index is 645. The van der Waals surface area contributed by atoms with Crippen LogP contribution in [0, 0.1) is 12.7 Å². The van der Waals surface area contributed by atoms with E-state index < -0.39 is 0 Å². The van der Waals surface area contributed by atoms with E-state index in [9.17, 15) is 4.39 Å². The van der Waals surface area contributed by atoms with Crippen LogP contribution in [0.15, 0.2) is 36.4 Å². The van der Waals surface area contributed by atoms with Crippen LogP contribution in [-0.4, -0.2) is 18.6 Å². The Morgan fingerprint density at radius 3 is 2.73 bits per heavy atom. The van der Waals surface area contributed by atoms with Crippen LogP contribution in [-0.2, 0) is 12.8 Å². The molecule has 0 spiro atoms. The standard InChI is InChI=1S/C18H22FN3/c1-13-8-17(22-18(20)9-13)6-5-15-10-14(4-3-7-21-2)11-16(19)12-15/h3-4,8-12,21H,5-7H2,1-2H3,(H2,20,22)/b4-3+. The number of likely N-dealkylation sites (N-methyl/N-ethyl adjacent to an activating group) is 1. The zero-order chi connectivity index (χ0) is 15.9. The van der Waals surface area contributed by atoms with Gasteiger partial charge in [-0.1, -0.05) is 18.2 Å². The molecule has 0 fully saturated rings. The van der Waals surface area contributed by atoms with Crippen molar-refractivity contribution in [2.24, 2.45) is 0 Å². The topological polar surface area (TPSA) is 50.9 Å². The Morgan fingerprint density at radius 1 is 1.18 bits per heavy atom. The molecule has 0 saturated carbocycles. The lowest BCUT2D eigenvalue weighted by atomic mass is 10.0. The van der Waals surface area contributed by atoms with Gasteiger partial charge in [-0.3, -0.25) is 0 Å². The Morgan fingerprint density at radius 2 is 2.00 bits per heavy atom. The molecule has 0 saturated heterocycles. The number of rotatable bonds is 6. The Labute approximate surface area is 131 Å². The van der Waals surface area contributed by atoms with Gasteiger partial charge >= 0.3 is 0 Å². The molecule has 22 heavy (non-hydrogen) atoms. The average Bonchev–Trinajstić information content (AvgIpc) is 2.44. The first-order valence-electron chi connectivity index (χ1n) is 7.40. The molecule has 1 heterocycles. The summed E-state index contributed by atoms with van der Waals surface area (Å²) in [7, 11) is 1.88. The predicted molar refractivity (Wildman–Crippen MR) is 90.2 cm³/mol. The summed E-state index contributed by atoms with van der Waals surface area (Å²) in [5, 5.41) is 3.02. The zero-order valence-electron chi connectivity index (χ0n) is 13.1. The highest BCUT2D eigenvalue weighted by atomic mass is 19.1. The van der Waals surface area contributed by atoms with E-state index in [0.29, 0.717) is 5.82 Å². The van der Waals surface area contributed by atoms with Crippen LogP contribution in [0.2, 0.25) is 0 Å². The van der Waals surface area contributed by atoms with Crippen molar-refractivity contribution >= 4 is 11.9 Å². The highest BCUT2D eigenvalue weighted by Gasteiger charge is 2.03. The lowest BCUT2D eigenvalue weighted by Gasteiger charge is -2.06. The summed E-state index contributed by atoms with van der Waals surface area (Å²) in [6.45, 7) is 2.76. The first-order valence-corrected chi connectivity index (χ1v) is 7.40. The summed E-state index contributed by atoms with van der Waals surface area (Å²) < 4.78 is 13.7. The summed E-state index contributed by atoms with van der Waals surface area (Å²) in [6, 6.07) is 8.99. The molecule has 1 aromatic carbocycles. The number of halogens is 1. The number of anilines is 1. The minimum absolute atomic E-state index is 0.210. The Kier molecular flexibility index (Phi) is 5.67. The summed E-state index contributed by atoms with van der Waals surface area (Å²) in [5.41, 5.74) is 9.63. The molecule has 0 aliphatic rings. The lowest BCUT2D eigenvalue weighted by molar-refractivity contribution is 0.624. The number of hydrogen-bond donors (Lipinski definition) is 2. The van der Waals surface area contributed by atoms with Gasteiger partial charge in [-0.15, -0.1) is 0 Å². The number of nitrogens with two attached hydrogens (primary N) is 1. The van der Waals surface area contributed by atoms with Gasteiger partial charge in [-0.25, -0.2) is 9.37 Å². The van der Waals surface area contributed by atoms with Crippen molar-refractivity contribution in [1.29, 1.82) is 0 Å². The molecule has 0 bridgehead atoms. The fourth-order valence-electron chi connectivity index (χ4n) is 2.40. The highest BCUT2D eigenvalue weighted by molar-refractivity contribution is 5.51. The third-order valence-electron chi connectivity index (χ3n) is 3.32. The molecule has 3 N–H and O–H groups in total. The summed E-state index contributed by atoms with van der Waals surface area (Å²) in [6.07, 6.45) is 5.38. The Hall–Kier alpha value is -2.20. The van der Waals surface area contributed by atoms with Crippen LogP contribution in [0.5, 0.6) is 0 Å². The van der Waals surface area contributed by atoms with Gasteiger partial charge in [0.05, 0.1) is 0 Å². The molecule has 0 aliphatic heterocycles. The van der Waals surface area contributed by atoms with Gasteiger partial charge in [-0.2, -0.15) is 0 Å². The Balaban J connectivity index is 2.08. The van der Waals surface area contributed by atoms with Gasteiger partial charge in [0.2, 0.25) is 0 Å². The van der Waals surface area contributed by atoms with E-state index in [1.807, 2.05) is 44.3 Å². The number of benzene rings is 1. The van der Waals surface area contributed by atoms with Crippen molar-refractivity contribution in [2.75, 3.05) is 19.3 Å². The maximum absolute atomic E-state index is 13.7. The second-order valence-electron chi connectivity index (χ2n) is 5.41. The average molecular weight is 299 g/mol. The van der Waals surface area contributed by atoms with Gasteiger partial charge < -0.3 is 11.1 Å². The molecule has 2 rings (SSSR count). The maximum atomic E-state index is 13.7. The minimum Gasteiger partial charge on any atom is -0.384 e. The van der Waals surface area contributed by atoms with E-state index in [4.69, 9.17) is 5.73 Å². The number of aryl methyl sites for hydroxylation is 3. The number of pyridine rings is 1. The largest absolute Gasteiger partial charge is 0.384 e. The maximum Gasteiger partial charge on any atom is 0.124 e. The van der Waals surface area contributed by atoms with Crippen LogP contribution in [0.3, 0.4) is 0 Å². The quantitative estimate of drug-likeness (QED) is 0.861. The van der Waals surface area contributed by atoms with Gasteiger partial charge in [0.15, 0.2) is 0 Å². The molecule has 1 aromatic heterocycles. The van der Waals surface area contributed by atoms with E-state index >= 15 is 0 Å². The number of aromatic nitrogens is 1. The van der Waals surface area contributed by atoms with Crippen LogP contribution >= 0.6 is 0 Å². The second kappa shape index (κ2) is 7.71. The molecule has 0 aliphatic carbocycles. The fourth-order valence-corrected chi connectivity index (χ4v) is 2.40. The minimum atomic E-state index is -0.210. The smallest absolute Gasteiger partial charge is 0.124 e. The molecule has 4 heteroatoms. The first-order chi connectivity index (χ1) is 10.6. The molecule has 0 amide bonds. The van der Waals surface area contributed by atoms with Crippen LogP contribution in [0.1, 0.15) is 22.4 Å². The predicted octanol–water partition coefficient (Wildman–Crippen LogP) is 3.13. The number of nitrogens with one attached hydrogen (secondary N) is 1. The third kappa shape index (κ3) is 4.97. The first kappa shape index (κ1) is 16.2. The zero-order valence-corrected chi connectivity index (χ0v) is 13.1. The number of nitrogens with zero attached hydrogens (tertiary/aromatic N) is 1. The van der Waals surface area contributed by atoms with Crippen LogP contribution in [0.4, 0.5) is 10.2 Å². The molecule has 3 nitrogen and oxygen atoms in total. The van der Waals surface area contributed by atoms with Crippen molar-refractivity contribution in [1.82, 2.24) is 10.3 Å². The monoisotopic (exact) mass is 299 g/mol. The van der Waals surface area contributed by atoms with Gasteiger partial charge in [0.1, 0.15) is 11.6 Å². The molecule has 0 atom stereocenters. The molecule has 2 aromatic rings. The second-order valence-corrected chi connectivity index (χ2v) is 5.41. The lowest BCUT2D eigenvalue weighted by Crippen LogP contribution is -2.03. The van der Waals surface area contributed by atoms with E-state index in [2.05, 4.69) is 10.3 Å². The van der Waals surface area contributed by atoms with Crippen molar-refractivity contribution in [3.8, 4) is 0 Å². The molecular formula is C18H22FN3. The van der Waals surface area contributed by atoms with Crippen molar-refractivity contribution in [3.05, 3.63) is 64.6 Å². The van der Waals surface area contributed by atoms with Gasteiger partial charge in [0.25, 0.3) is 0 Å². The van der Waals surface area contributed by atoms with E-state index in [1.165, 1.54) is 0 Å². The summed E-state index contributed by atoms with van der Waals surface area (Å²) in [4.78, 5) is 4.32. The highest BCUT2D eigenvalue weighted by Crippen LogP contribution is 2.14. The van der Waals surface area contributed by atoms with E-state index in [1.54, 1.807) is 12.1 Å². The fraction of sp³-hybridized carbons (Fsp3) is 0.278. The van der Waals surface area contributed by atoms with E-state index in [0.717, 1.165) is 41.8 Å². The molecule has 0 unspecified atom stereocenters. The summed E-state index contributed by atoms with van der Waals surface area (Å²) >= 11 is 0. The van der Waals surface area contributed by atoms with Gasteiger partial charge in [-0.05, 0) is 67.8 Å². The van der Waals surface area contributed by atoms with Crippen LogP contribution < -0.4 is 11.1 Å². The molecular weight excluding hydrogens is 277 g/mol. The van der Waals surface area contributed by atoms with Gasteiger partial charge in [0, 0.05) is 12.2 Å². The van der Waals surface area contributed by atoms with Crippen LogP contribution in [0.25, 0.3) is 6.08 Å². The molecule has 116 valence electrons. The van der Waals surface area contributed by atoms with Crippen molar-refractivity contribution in [2.45, 2.75) is 19.8 Å². The van der Waals surface area contributed by atoms with Crippen molar-refractivity contribution < 1.29 is 4.39 Å². The van der Waals surface area contributed by atoms with Crippen molar-refractivity contribution in [3.63, 3.8) is 0 Å². The summed E-state index contributed by atoms with van der Waals surface area (Å²) in [5.74, 6) is 0.322. The number of hydrogen-bond acceptors (Lipinski definition) is 3.